The fourth-order valence-corrected chi connectivity index (χ4v) is 12.2. The second-order valence-electron chi connectivity index (χ2n) is 18.1. The molecule has 1 aliphatic carbocycles. The van der Waals surface area contributed by atoms with Gasteiger partial charge in [-0.15, -0.1) is 11.3 Å². The summed E-state index contributed by atoms with van der Waals surface area (Å²) < 4.78 is 12.3. The zero-order valence-corrected chi connectivity index (χ0v) is 37.4. The summed E-state index contributed by atoms with van der Waals surface area (Å²) in [6, 6.07) is 72.6. The van der Waals surface area contributed by atoms with Crippen molar-refractivity contribution < 1.29 is 4.42 Å². The molecule has 5 aromatic heterocycles. The van der Waals surface area contributed by atoms with Gasteiger partial charge in [-0.05, 0) is 92.8 Å². The summed E-state index contributed by atoms with van der Waals surface area (Å²) in [7, 11) is 0. The molecule has 0 radical (unpaired) electrons. The van der Waals surface area contributed by atoms with Crippen molar-refractivity contribution in [1.29, 1.82) is 0 Å². The highest BCUT2D eigenvalue weighted by molar-refractivity contribution is 7.22. The maximum atomic E-state index is 6.34. The number of allylic oxidation sites excluding steroid dienone is 1. The zero-order chi connectivity index (χ0) is 44.5. The van der Waals surface area contributed by atoms with Crippen LogP contribution in [0.5, 0.6) is 0 Å². The zero-order valence-electron chi connectivity index (χ0n) is 36.6. The standard InChI is InChI=1S/C62H38N4OS/c1-3-14-38(15-4-1)58-36-51-61(68-58)60(39-16-5-2-6-17-39)64-62(63-51)66-52-28-25-42(32-48(52)49-31-40-18-7-8-19-41(40)33-55(49)66)43-23-27-47-54(34-43)65(53-29-24-37-13-9-10-20-45(37)59(47)53)44-26-30-57-50(35-44)46-21-11-12-22-56(46)67-57/h1-34,36,44H,35H2. The molecule has 5 heterocycles. The van der Waals surface area contributed by atoms with Crippen molar-refractivity contribution in [3.63, 3.8) is 0 Å². The summed E-state index contributed by atoms with van der Waals surface area (Å²) in [5.41, 5.74) is 13.2. The molecular weight excluding hydrogens is 849 g/mol. The van der Waals surface area contributed by atoms with Gasteiger partial charge in [-0.2, -0.15) is 0 Å². The van der Waals surface area contributed by atoms with Crippen LogP contribution in [-0.2, 0) is 6.42 Å². The largest absolute Gasteiger partial charge is 0.456 e. The van der Waals surface area contributed by atoms with Crippen LogP contribution in [0.3, 0.4) is 0 Å². The third kappa shape index (κ3) is 5.62. The molecular formula is C62H38N4OS. The molecule has 1 unspecified atom stereocenters. The smallest absolute Gasteiger partial charge is 0.235 e. The summed E-state index contributed by atoms with van der Waals surface area (Å²) in [6.07, 6.45) is 5.36. The summed E-state index contributed by atoms with van der Waals surface area (Å²) in [6.45, 7) is 0. The Balaban J connectivity index is 0.948. The molecule has 0 saturated heterocycles. The van der Waals surface area contributed by atoms with Gasteiger partial charge in [0.05, 0.1) is 44.0 Å². The predicted octanol–water partition coefficient (Wildman–Crippen LogP) is 16.8. The Hall–Kier alpha value is -8.58. The SMILES string of the molecule is C1=CC(n2c3cc(-c4ccc5c(c4)c4cc6ccccc6cc4n5-c4nc(-c5ccccc5)c5sc(-c6ccccc6)cc5n4)ccc3c3c4ccccc4ccc32)Cc2c1oc1ccccc21. The molecule has 1 aliphatic rings. The lowest BCUT2D eigenvalue weighted by Gasteiger charge is -2.21. The fraction of sp³-hybridized carbons (Fsp3) is 0.0323. The predicted molar refractivity (Wildman–Crippen MR) is 284 cm³/mol. The van der Waals surface area contributed by atoms with Gasteiger partial charge in [0, 0.05) is 49.4 Å². The highest BCUT2D eigenvalue weighted by atomic mass is 32.1. The first-order valence-corrected chi connectivity index (χ1v) is 24.0. The third-order valence-corrected chi connectivity index (χ3v) is 15.4. The summed E-state index contributed by atoms with van der Waals surface area (Å²) in [4.78, 5) is 12.1. The quantitative estimate of drug-likeness (QED) is 0.173. The normalized spacial score (nSPS) is 13.9. The summed E-state index contributed by atoms with van der Waals surface area (Å²) in [5.74, 6) is 1.62. The van der Waals surface area contributed by atoms with Crippen molar-refractivity contribution in [2.45, 2.75) is 12.5 Å². The van der Waals surface area contributed by atoms with E-state index in [9.17, 15) is 0 Å². The van der Waals surface area contributed by atoms with Crippen LogP contribution in [0.4, 0.5) is 0 Å². The van der Waals surface area contributed by atoms with Crippen molar-refractivity contribution in [1.82, 2.24) is 19.1 Å². The second kappa shape index (κ2) is 14.5. The summed E-state index contributed by atoms with van der Waals surface area (Å²) in [5, 5.41) is 10.9. The Kier molecular flexibility index (Phi) is 8.00. The van der Waals surface area contributed by atoms with Crippen LogP contribution in [0.1, 0.15) is 17.4 Å². The topological polar surface area (TPSA) is 48.8 Å². The molecule has 14 aromatic rings. The molecule has 0 aliphatic heterocycles. The molecule has 1 atom stereocenters. The number of aromatic nitrogens is 4. The molecule has 0 saturated carbocycles. The Labute approximate surface area is 394 Å². The van der Waals surface area contributed by atoms with Crippen LogP contribution in [0.25, 0.3) is 131 Å². The van der Waals surface area contributed by atoms with Crippen LogP contribution in [0.2, 0.25) is 0 Å². The van der Waals surface area contributed by atoms with Gasteiger partial charge in [0.15, 0.2) is 0 Å². The Morgan fingerprint density at radius 3 is 2.03 bits per heavy atom. The molecule has 0 fully saturated rings. The number of para-hydroxylation sites is 1. The number of hydrogen-bond donors (Lipinski definition) is 0. The highest BCUT2D eigenvalue weighted by Crippen LogP contribution is 2.45. The summed E-state index contributed by atoms with van der Waals surface area (Å²) >= 11 is 1.75. The van der Waals surface area contributed by atoms with E-state index in [4.69, 9.17) is 14.4 Å². The fourth-order valence-electron chi connectivity index (χ4n) is 11.1. The molecule has 9 aromatic carbocycles. The van der Waals surface area contributed by atoms with Crippen molar-refractivity contribution in [2.24, 2.45) is 0 Å². The second-order valence-corrected chi connectivity index (χ2v) is 19.1. The number of nitrogens with zero attached hydrogens (tertiary/aromatic N) is 4. The minimum Gasteiger partial charge on any atom is -0.456 e. The lowest BCUT2D eigenvalue weighted by Crippen LogP contribution is -2.12. The third-order valence-electron chi connectivity index (χ3n) is 14.3. The first-order chi connectivity index (χ1) is 33.7. The number of furan rings is 1. The molecule has 68 heavy (non-hydrogen) atoms. The first kappa shape index (κ1) is 37.6. The van der Waals surface area contributed by atoms with E-state index in [-0.39, 0.29) is 6.04 Å². The molecule has 0 amide bonds. The van der Waals surface area contributed by atoms with Crippen LogP contribution in [0.15, 0.2) is 211 Å². The first-order valence-electron chi connectivity index (χ1n) is 23.2. The maximum Gasteiger partial charge on any atom is 0.235 e. The van der Waals surface area contributed by atoms with E-state index < -0.39 is 0 Å². The van der Waals surface area contributed by atoms with E-state index in [0.29, 0.717) is 5.95 Å². The maximum absolute atomic E-state index is 6.34. The van der Waals surface area contributed by atoms with E-state index in [0.717, 1.165) is 66.6 Å². The number of thiophene rings is 1. The van der Waals surface area contributed by atoms with Crippen molar-refractivity contribution in [3.8, 4) is 38.8 Å². The van der Waals surface area contributed by atoms with Crippen molar-refractivity contribution in [3.05, 3.63) is 218 Å². The monoisotopic (exact) mass is 886 g/mol. The molecule has 0 N–H and O–H groups in total. The van der Waals surface area contributed by atoms with Gasteiger partial charge in [0.25, 0.3) is 0 Å². The van der Waals surface area contributed by atoms with E-state index >= 15 is 0 Å². The van der Waals surface area contributed by atoms with Crippen molar-refractivity contribution >= 4 is 104 Å². The molecule has 0 spiro atoms. The molecule has 6 heteroatoms. The average molecular weight is 887 g/mol. The molecule has 318 valence electrons. The van der Waals surface area contributed by atoms with Gasteiger partial charge in [-0.1, -0.05) is 158 Å². The Bertz CT molecular complexity index is 4420. The molecule has 15 rings (SSSR count). The van der Waals surface area contributed by atoms with Crippen LogP contribution in [-0.4, -0.2) is 19.1 Å². The highest BCUT2D eigenvalue weighted by Gasteiger charge is 2.26. The number of fused-ring (bicyclic) bond motifs is 13. The van der Waals surface area contributed by atoms with E-state index in [2.05, 4.69) is 221 Å². The average Bonchev–Trinajstić information content (AvgIpc) is 4.17. The van der Waals surface area contributed by atoms with E-state index in [1.807, 2.05) is 0 Å². The van der Waals surface area contributed by atoms with Crippen LogP contribution >= 0.6 is 11.3 Å². The van der Waals surface area contributed by atoms with Gasteiger partial charge in [0.2, 0.25) is 5.95 Å². The van der Waals surface area contributed by atoms with Gasteiger partial charge >= 0.3 is 0 Å². The number of hydrogen-bond acceptors (Lipinski definition) is 4. The number of benzene rings is 9. The van der Waals surface area contributed by atoms with Crippen molar-refractivity contribution in [2.75, 3.05) is 0 Å². The van der Waals surface area contributed by atoms with Crippen LogP contribution in [0, 0.1) is 0 Å². The van der Waals surface area contributed by atoms with Crippen LogP contribution < -0.4 is 0 Å². The van der Waals surface area contributed by atoms with Gasteiger partial charge in [-0.3, -0.25) is 4.57 Å². The Morgan fingerprint density at radius 2 is 1.18 bits per heavy atom. The van der Waals surface area contributed by atoms with Gasteiger partial charge in [0.1, 0.15) is 11.3 Å². The van der Waals surface area contributed by atoms with E-state index in [1.54, 1.807) is 11.3 Å². The molecule has 5 nitrogen and oxygen atoms in total. The van der Waals surface area contributed by atoms with Gasteiger partial charge in [-0.25, -0.2) is 9.97 Å². The lowest BCUT2D eigenvalue weighted by molar-refractivity contribution is 0.572. The van der Waals surface area contributed by atoms with Gasteiger partial charge < -0.3 is 8.98 Å². The minimum atomic E-state index is 0.0961. The van der Waals surface area contributed by atoms with E-state index in [1.165, 1.54) is 70.3 Å². The molecule has 0 bridgehead atoms. The Morgan fingerprint density at radius 1 is 0.485 bits per heavy atom. The lowest BCUT2D eigenvalue weighted by atomic mass is 9.96. The number of rotatable bonds is 5. The minimum absolute atomic E-state index is 0.0961.